The van der Waals surface area contributed by atoms with Crippen LogP contribution in [0, 0.1) is 0 Å². The minimum Gasteiger partial charge on any atom is -0.462 e. The number of unbranched alkanes of at least 4 members (excludes halogenated alkanes) is 17. The summed E-state index contributed by atoms with van der Waals surface area (Å²) in [7, 11) is -1.58. The van der Waals surface area contributed by atoms with Crippen LogP contribution in [0.4, 0.5) is 0 Å². The van der Waals surface area contributed by atoms with E-state index in [0.717, 1.165) is 38.7 Å². The molecule has 40 heavy (non-hydrogen) atoms. The SMILES string of the molecule is CCCCCCCCCCCC(=O)O[C@@H](C/C=C\CCCCCCCCO[Si](C)(C)C(C)(C)C)CCCCCC. The molecular weight excluding hydrogens is 508 g/mol. The molecule has 0 unspecified atom stereocenters. The van der Waals surface area contributed by atoms with E-state index in [9.17, 15) is 4.79 Å². The van der Waals surface area contributed by atoms with Crippen LogP contribution in [0.3, 0.4) is 0 Å². The van der Waals surface area contributed by atoms with Gasteiger partial charge in [0.25, 0.3) is 0 Å². The molecule has 0 aliphatic rings. The van der Waals surface area contributed by atoms with Gasteiger partial charge in [0.15, 0.2) is 8.32 Å². The van der Waals surface area contributed by atoms with Crippen molar-refractivity contribution in [2.24, 2.45) is 0 Å². The normalized spacial score (nSPS) is 13.3. The van der Waals surface area contributed by atoms with Crippen molar-refractivity contribution >= 4 is 14.3 Å². The zero-order valence-electron chi connectivity index (χ0n) is 28.4. The Labute approximate surface area is 253 Å². The molecule has 238 valence electrons. The third-order valence-electron chi connectivity index (χ3n) is 8.76. The second-order valence-corrected chi connectivity index (χ2v) is 18.6. The second-order valence-electron chi connectivity index (χ2n) is 13.8. The first-order valence-corrected chi connectivity index (χ1v) is 20.5. The molecule has 0 bridgehead atoms. The van der Waals surface area contributed by atoms with E-state index in [-0.39, 0.29) is 12.1 Å². The van der Waals surface area contributed by atoms with Gasteiger partial charge in [-0.2, -0.15) is 0 Å². The minimum absolute atomic E-state index is 0.0200. The van der Waals surface area contributed by atoms with Crippen molar-refractivity contribution in [3.63, 3.8) is 0 Å². The van der Waals surface area contributed by atoms with Gasteiger partial charge in [-0.25, -0.2) is 0 Å². The molecule has 0 aliphatic carbocycles. The number of esters is 1. The lowest BCUT2D eigenvalue weighted by Crippen LogP contribution is -2.40. The number of carbonyl (C=O) groups is 1. The van der Waals surface area contributed by atoms with Crippen LogP contribution in [-0.2, 0) is 14.0 Å². The molecule has 0 saturated heterocycles. The molecule has 0 amide bonds. The van der Waals surface area contributed by atoms with E-state index < -0.39 is 8.32 Å². The van der Waals surface area contributed by atoms with Crippen molar-refractivity contribution < 1.29 is 14.0 Å². The third kappa shape index (κ3) is 24.0. The van der Waals surface area contributed by atoms with Gasteiger partial charge < -0.3 is 9.16 Å². The molecule has 0 aromatic carbocycles. The van der Waals surface area contributed by atoms with E-state index in [1.54, 1.807) is 0 Å². The molecule has 0 aromatic rings. The fourth-order valence-electron chi connectivity index (χ4n) is 4.83. The number of ether oxygens (including phenoxy) is 1. The Morgan fingerprint density at radius 1 is 0.675 bits per heavy atom. The van der Waals surface area contributed by atoms with Gasteiger partial charge in [-0.3, -0.25) is 4.79 Å². The molecule has 4 heteroatoms. The van der Waals surface area contributed by atoms with E-state index in [2.05, 4.69) is 59.9 Å². The van der Waals surface area contributed by atoms with Gasteiger partial charge in [0.2, 0.25) is 0 Å². The van der Waals surface area contributed by atoms with Crippen LogP contribution in [0.2, 0.25) is 18.1 Å². The summed E-state index contributed by atoms with van der Waals surface area (Å²) >= 11 is 0. The molecule has 0 heterocycles. The molecule has 0 saturated carbocycles. The van der Waals surface area contributed by atoms with Crippen LogP contribution in [0.1, 0.15) is 182 Å². The summed E-state index contributed by atoms with van der Waals surface area (Å²) in [4.78, 5) is 12.5. The van der Waals surface area contributed by atoms with Crippen molar-refractivity contribution in [1.82, 2.24) is 0 Å². The summed E-state index contributed by atoms with van der Waals surface area (Å²) < 4.78 is 12.2. The summed E-state index contributed by atoms with van der Waals surface area (Å²) in [5.74, 6) is 0.0200. The number of allylic oxidation sites excluding steroid dienone is 1. The first-order chi connectivity index (χ1) is 19.1. The third-order valence-corrected chi connectivity index (χ3v) is 13.3. The lowest BCUT2D eigenvalue weighted by Gasteiger charge is -2.36. The Morgan fingerprint density at radius 2 is 1.18 bits per heavy atom. The van der Waals surface area contributed by atoms with Crippen LogP contribution in [0.25, 0.3) is 0 Å². The van der Waals surface area contributed by atoms with Crippen molar-refractivity contribution in [1.29, 1.82) is 0 Å². The van der Waals surface area contributed by atoms with E-state index in [1.807, 2.05) is 0 Å². The smallest absolute Gasteiger partial charge is 0.306 e. The molecule has 0 N–H and O–H groups in total. The van der Waals surface area contributed by atoms with Gasteiger partial charge in [0.05, 0.1) is 0 Å². The first kappa shape index (κ1) is 39.4. The lowest BCUT2D eigenvalue weighted by molar-refractivity contribution is -0.149. The highest BCUT2D eigenvalue weighted by Gasteiger charge is 2.36. The highest BCUT2D eigenvalue weighted by Crippen LogP contribution is 2.36. The molecule has 0 radical (unpaired) electrons. The monoisotopic (exact) mass is 581 g/mol. The zero-order chi connectivity index (χ0) is 30.0. The van der Waals surface area contributed by atoms with Gasteiger partial charge in [-0.15, -0.1) is 0 Å². The Balaban J connectivity index is 4.00. The van der Waals surface area contributed by atoms with Crippen LogP contribution >= 0.6 is 0 Å². The highest BCUT2D eigenvalue weighted by molar-refractivity contribution is 6.74. The van der Waals surface area contributed by atoms with E-state index in [1.165, 1.54) is 109 Å². The molecule has 3 nitrogen and oxygen atoms in total. The molecule has 0 rings (SSSR count). The first-order valence-electron chi connectivity index (χ1n) is 17.6. The lowest BCUT2D eigenvalue weighted by atomic mass is 10.1. The maximum atomic E-state index is 12.5. The minimum atomic E-state index is -1.58. The Kier molecular flexibility index (Phi) is 25.6. The van der Waals surface area contributed by atoms with Gasteiger partial charge in [-0.05, 0) is 56.7 Å². The van der Waals surface area contributed by atoms with E-state index in [4.69, 9.17) is 9.16 Å². The van der Waals surface area contributed by atoms with Crippen LogP contribution in [-0.4, -0.2) is 27.0 Å². The molecule has 0 aromatic heterocycles. The van der Waals surface area contributed by atoms with Crippen molar-refractivity contribution in [3.05, 3.63) is 12.2 Å². The summed E-state index contributed by atoms with van der Waals surface area (Å²) in [6.07, 6.45) is 32.4. The van der Waals surface area contributed by atoms with Crippen molar-refractivity contribution in [2.75, 3.05) is 6.61 Å². The standard InChI is InChI=1S/C36H72O3Si/c1-8-10-12-14-15-17-21-24-28-32-35(37)39-34(30-26-13-11-9-2)31-27-23-20-18-16-19-22-25-29-33-38-40(6,7)36(3,4)5/h23,27,34H,8-22,24-26,28-33H2,1-7H3/b27-23-/t34-/m1/s1. The predicted molar refractivity (Wildman–Crippen MR) is 180 cm³/mol. The predicted octanol–water partition coefficient (Wildman–Crippen LogP) is 12.5. The Morgan fingerprint density at radius 3 is 1.75 bits per heavy atom. The van der Waals surface area contributed by atoms with Crippen LogP contribution < -0.4 is 0 Å². The van der Waals surface area contributed by atoms with E-state index >= 15 is 0 Å². The van der Waals surface area contributed by atoms with Gasteiger partial charge in [0.1, 0.15) is 6.10 Å². The Bertz CT molecular complexity index is 593. The van der Waals surface area contributed by atoms with Gasteiger partial charge in [0, 0.05) is 19.4 Å². The number of carbonyl (C=O) groups excluding carboxylic acids is 1. The number of hydrogen-bond donors (Lipinski definition) is 0. The molecule has 1 atom stereocenters. The number of hydrogen-bond acceptors (Lipinski definition) is 3. The van der Waals surface area contributed by atoms with Crippen LogP contribution in [0.15, 0.2) is 12.2 Å². The van der Waals surface area contributed by atoms with Gasteiger partial charge >= 0.3 is 5.97 Å². The summed E-state index contributed by atoms with van der Waals surface area (Å²) in [5, 5.41) is 0.309. The fourth-order valence-corrected chi connectivity index (χ4v) is 5.92. The largest absolute Gasteiger partial charge is 0.462 e. The molecule has 0 spiro atoms. The highest BCUT2D eigenvalue weighted by atomic mass is 28.4. The van der Waals surface area contributed by atoms with Crippen LogP contribution in [0.5, 0.6) is 0 Å². The summed E-state index contributed by atoms with van der Waals surface area (Å²) in [6, 6.07) is 0. The van der Waals surface area contributed by atoms with Crippen molar-refractivity contribution in [2.45, 2.75) is 207 Å². The molecule has 0 fully saturated rings. The van der Waals surface area contributed by atoms with Crippen molar-refractivity contribution in [3.8, 4) is 0 Å². The topological polar surface area (TPSA) is 35.5 Å². The van der Waals surface area contributed by atoms with Gasteiger partial charge in [-0.1, -0.05) is 143 Å². The fraction of sp³-hybridized carbons (Fsp3) is 0.917. The quantitative estimate of drug-likeness (QED) is 0.0399. The summed E-state index contributed by atoms with van der Waals surface area (Å²) in [6.45, 7) is 17.1. The molecule has 0 aliphatic heterocycles. The molecular formula is C36H72O3Si. The second kappa shape index (κ2) is 26.0. The maximum absolute atomic E-state index is 12.5. The van der Waals surface area contributed by atoms with E-state index in [0.29, 0.717) is 11.5 Å². The summed E-state index contributed by atoms with van der Waals surface area (Å²) in [5.41, 5.74) is 0. The average molecular weight is 581 g/mol. The Hall–Kier alpha value is -0.613. The average Bonchev–Trinajstić information content (AvgIpc) is 2.89. The number of rotatable bonds is 28. The maximum Gasteiger partial charge on any atom is 0.306 e. The zero-order valence-corrected chi connectivity index (χ0v) is 29.4.